The summed E-state index contributed by atoms with van der Waals surface area (Å²) in [7, 11) is 0. The molecule has 74 valence electrons. The minimum atomic E-state index is -0.270. The van der Waals surface area contributed by atoms with Crippen molar-refractivity contribution in [1.29, 1.82) is 0 Å². The topological polar surface area (TPSA) is 26.3 Å². The molecule has 0 saturated carbocycles. The van der Waals surface area contributed by atoms with E-state index in [0.29, 0.717) is 0 Å². The summed E-state index contributed by atoms with van der Waals surface area (Å²) in [5.74, 6) is -0.270. The molecule has 0 fully saturated rings. The van der Waals surface area contributed by atoms with E-state index in [2.05, 4.69) is 0 Å². The number of hydrogen-bond donors (Lipinski definition) is 0. The average Bonchev–Trinajstić information content (AvgIpc) is 2.44. The highest BCUT2D eigenvalue weighted by Crippen LogP contribution is 2.37. The van der Waals surface area contributed by atoms with Gasteiger partial charge in [0.1, 0.15) is 6.10 Å². The first-order valence-corrected chi connectivity index (χ1v) is 5.01. The Balaban J connectivity index is 2.21. The summed E-state index contributed by atoms with van der Waals surface area (Å²) in [6, 6.07) is 7.92. The fourth-order valence-corrected chi connectivity index (χ4v) is 2.18. The number of benzene rings is 1. The normalized spacial score (nSPS) is 24.4. The van der Waals surface area contributed by atoms with Crippen LogP contribution in [0.15, 0.2) is 24.3 Å². The second-order valence-electron chi connectivity index (χ2n) is 3.45. The standard InChI is InChI=1S/C11H11ClO2/c1-7(13)14-10-6-8-4-2-3-5-9(8)11(10)12/h2-5,10-11H,6H2,1H3. The van der Waals surface area contributed by atoms with Crippen LogP contribution >= 0.6 is 11.6 Å². The highest BCUT2D eigenvalue weighted by atomic mass is 35.5. The molecule has 2 nitrogen and oxygen atoms in total. The van der Waals surface area contributed by atoms with E-state index in [9.17, 15) is 4.79 Å². The van der Waals surface area contributed by atoms with Gasteiger partial charge in [-0.15, -0.1) is 11.6 Å². The van der Waals surface area contributed by atoms with Crippen molar-refractivity contribution in [1.82, 2.24) is 0 Å². The van der Waals surface area contributed by atoms with Gasteiger partial charge in [-0.05, 0) is 11.1 Å². The van der Waals surface area contributed by atoms with Crippen LogP contribution in [-0.4, -0.2) is 12.1 Å². The SMILES string of the molecule is CC(=O)OC1Cc2ccccc2C1Cl. The monoisotopic (exact) mass is 210 g/mol. The van der Waals surface area contributed by atoms with Gasteiger partial charge >= 0.3 is 5.97 Å². The van der Waals surface area contributed by atoms with Crippen molar-refractivity contribution in [3.05, 3.63) is 35.4 Å². The molecule has 0 radical (unpaired) electrons. The molecule has 1 aliphatic rings. The van der Waals surface area contributed by atoms with E-state index in [1.165, 1.54) is 12.5 Å². The van der Waals surface area contributed by atoms with Gasteiger partial charge in [0.05, 0.1) is 5.38 Å². The first kappa shape index (κ1) is 9.53. The minimum Gasteiger partial charge on any atom is -0.460 e. The van der Waals surface area contributed by atoms with Gasteiger partial charge in [0, 0.05) is 13.3 Å². The van der Waals surface area contributed by atoms with Gasteiger partial charge in [0.15, 0.2) is 0 Å². The molecular weight excluding hydrogens is 200 g/mol. The summed E-state index contributed by atoms with van der Waals surface area (Å²) in [6.45, 7) is 1.41. The summed E-state index contributed by atoms with van der Waals surface area (Å²) in [6.07, 6.45) is 0.524. The van der Waals surface area contributed by atoms with Crippen molar-refractivity contribution in [3.63, 3.8) is 0 Å². The predicted molar refractivity (Wildman–Crippen MR) is 54.3 cm³/mol. The fraction of sp³-hybridized carbons (Fsp3) is 0.364. The molecule has 2 unspecified atom stereocenters. The molecule has 2 atom stereocenters. The Bertz CT molecular complexity index is 362. The zero-order chi connectivity index (χ0) is 10.1. The molecule has 2 rings (SSSR count). The maximum atomic E-state index is 10.8. The van der Waals surface area contributed by atoms with Crippen molar-refractivity contribution >= 4 is 17.6 Å². The second kappa shape index (κ2) is 3.62. The van der Waals surface area contributed by atoms with Gasteiger partial charge in [-0.2, -0.15) is 0 Å². The van der Waals surface area contributed by atoms with Crippen LogP contribution in [-0.2, 0) is 16.0 Å². The van der Waals surface area contributed by atoms with Crippen LogP contribution in [0.2, 0.25) is 0 Å². The van der Waals surface area contributed by atoms with Gasteiger partial charge in [-0.1, -0.05) is 24.3 Å². The van der Waals surface area contributed by atoms with Crippen LogP contribution < -0.4 is 0 Å². The summed E-state index contributed by atoms with van der Waals surface area (Å²) in [5.41, 5.74) is 2.26. The van der Waals surface area contributed by atoms with Crippen LogP contribution in [0.1, 0.15) is 23.4 Å². The predicted octanol–water partition coefficient (Wildman–Crippen LogP) is 2.45. The van der Waals surface area contributed by atoms with E-state index in [-0.39, 0.29) is 17.5 Å². The van der Waals surface area contributed by atoms with Crippen LogP contribution in [0.25, 0.3) is 0 Å². The highest BCUT2D eigenvalue weighted by molar-refractivity contribution is 6.21. The molecule has 0 aliphatic heterocycles. The van der Waals surface area contributed by atoms with Gasteiger partial charge in [0.2, 0.25) is 0 Å². The molecule has 1 aliphatic carbocycles. The maximum absolute atomic E-state index is 10.8. The number of halogens is 1. The van der Waals surface area contributed by atoms with Crippen LogP contribution in [0.3, 0.4) is 0 Å². The Kier molecular flexibility index (Phi) is 2.46. The molecule has 0 N–H and O–H groups in total. The van der Waals surface area contributed by atoms with Gasteiger partial charge < -0.3 is 4.74 Å². The summed E-state index contributed by atoms with van der Waals surface area (Å²) >= 11 is 6.18. The number of alkyl halides is 1. The van der Waals surface area contributed by atoms with Gasteiger partial charge in [-0.25, -0.2) is 0 Å². The zero-order valence-electron chi connectivity index (χ0n) is 7.87. The van der Waals surface area contributed by atoms with Crippen LogP contribution in [0.4, 0.5) is 0 Å². The molecular formula is C11H11ClO2. The summed E-state index contributed by atoms with van der Waals surface area (Å²) in [5, 5.41) is -0.199. The van der Waals surface area contributed by atoms with Crippen molar-refractivity contribution in [3.8, 4) is 0 Å². The Hall–Kier alpha value is -1.02. The summed E-state index contributed by atoms with van der Waals surface area (Å²) < 4.78 is 5.14. The number of fused-ring (bicyclic) bond motifs is 1. The lowest BCUT2D eigenvalue weighted by Crippen LogP contribution is -2.18. The minimum absolute atomic E-state index is 0.199. The summed E-state index contributed by atoms with van der Waals surface area (Å²) in [4.78, 5) is 10.8. The quantitative estimate of drug-likeness (QED) is 0.526. The third-order valence-corrected chi connectivity index (χ3v) is 2.93. The Morgan fingerprint density at radius 1 is 1.50 bits per heavy atom. The maximum Gasteiger partial charge on any atom is 0.302 e. The van der Waals surface area contributed by atoms with E-state index in [0.717, 1.165) is 12.0 Å². The fourth-order valence-electron chi connectivity index (χ4n) is 1.82. The lowest BCUT2D eigenvalue weighted by atomic mass is 10.1. The molecule has 3 heteroatoms. The van der Waals surface area contributed by atoms with Crippen LogP contribution in [0, 0.1) is 0 Å². The Morgan fingerprint density at radius 2 is 2.21 bits per heavy atom. The smallest absolute Gasteiger partial charge is 0.302 e. The lowest BCUT2D eigenvalue weighted by molar-refractivity contribution is -0.145. The average molecular weight is 211 g/mol. The van der Waals surface area contributed by atoms with E-state index >= 15 is 0 Å². The molecule has 14 heavy (non-hydrogen) atoms. The van der Waals surface area contributed by atoms with Gasteiger partial charge in [-0.3, -0.25) is 4.79 Å². The largest absolute Gasteiger partial charge is 0.460 e. The molecule has 1 aromatic carbocycles. The molecule has 0 amide bonds. The highest BCUT2D eigenvalue weighted by Gasteiger charge is 2.32. The number of hydrogen-bond acceptors (Lipinski definition) is 2. The Labute approximate surface area is 87.8 Å². The number of ether oxygens (including phenoxy) is 1. The molecule has 0 bridgehead atoms. The Morgan fingerprint density at radius 3 is 2.86 bits per heavy atom. The number of esters is 1. The third-order valence-electron chi connectivity index (χ3n) is 2.42. The first-order chi connectivity index (χ1) is 6.68. The first-order valence-electron chi connectivity index (χ1n) is 4.57. The van der Waals surface area contributed by atoms with E-state index in [4.69, 9.17) is 16.3 Å². The molecule has 0 aromatic heterocycles. The molecule has 0 heterocycles. The molecule has 1 aromatic rings. The third kappa shape index (κ3) is 1.62. The number of carbonyl (C=O) groups excluding carboxylic acids is 1. The van der Waals surface area contributed by atoms with E-state index in [1.807, 2.05) is 24.3 Å². The van der Waals surface area contributed by atoms with Crippen molar-refractivity contribution in [2.75, 3.05) is 0 Å². The molecule has 0 spiro atoms. The van der Waals surface area contributed by atoms with Crippen molar-refractivity contribution < 1.29 is 9.53 Å². The van der Waals surface area contributed by atoms with E-state index in [1.54, 1.807) is 0 Å². The number of rotatable bonds is 1. The van der Waals surface area contributed by atoms with Crippen molar-refractivity contribution in [2.24, 2.45) is 0 Å². The lowest BCUT2D eigenvalue weighted by Gasteiger charge is -2.13. The van der Waals surface area contributed by atoms with Crippen molar-refractivity contribution in [2.45, 2.75) is 24.8 Å². The van der Waals surface area contributed by atoms with E-state index < -0.39 is 0 Å². The second-order valence-corrected chi connectivity index (χ2v) is 3.92. The van der Waals surface area contributed by atoms with Gasteiger partial charge in [0.25, 0.3) is 0 Å². The number of carbonyl (C=O) groups is 1. The zero-order valence-corrected chi connectivity index (χ0v) is 8.62. The molecule has 0 saturated heterocycles. The van der Waals surface area contributed by atoms with Crippen LogP contribution in [0.5, 0.6) is 0 Å².